The maximum absolute atomic E-state index is 13.4. The number of sulfonamides is 1. The quantitative estimate of drug-likeness (QED) is 0.368. The van der Waals surface area contributed by atoms with Crippen LogP contribution in [0.5, 0.6) is 11.5 Å². The molecule has 0 unspecified atom stereocenters. The van der Waals surface area contributed by atoms with Crippen molar-refractivity contribution in [3.8, 4) is 11.5 Å². The van der Waals surface area contributed by atoms with Gasteiger partial charge in [0.1, 0.15) is 11.5 Å². The van der Waals surface area contributed by atoms with Crippen molar-refractivity contribution >= 4 is 21.6 Å². The predicted octanol–water partition coefficient (Wildman–Crippen LogP) is 6.15. The molecule has 3 aromatic carbocycles. The highest BCUT2D eigenvalue weighted by Gasteiger charge is 2.32. The summed E-state index contributed by atoms with van der Waals surface area (Å²) < 4.78 is 34.0. The minimum absolute atomic E-state index is 0.198. The molecule has 7 heteroatoms. The largest absolute Gasteiger partial charge is 0.457 e. The SMILES string of the molecule is CCCCN(CCCC)S(=O)(=O)c1ccc(NC(=O)C2c3ccccc3Oc3ccccc32)cc1. The van der Waals surface area contributed by atoms with Crippen LogP contribution < -0.4 is 10.1 Å². The lowest BCUT2D eigenvalue weighted by atomic mass is 9.87. The number of fused-ring (bicyclic) bond motifs is 2. The van der Waals surface area contributed by atoms with Crippen LogP contribution in [0, 0.1) is 0 Å². The van der Waals surface area contributed by atoms with E-state index in [1.807, 2.05) is 48.5 Å². The van der Waals surface area contributed by atoms with Crippen LogP contribution in [0.25, 0.3) is 0 Å². The molecule has 0 radical (unpaired) electrons. The number of carbonyl (C=O) groups is 1. The monoisotopic (exact) mass is 492 g/mol. The number of benzene rings is 3. The lowest BCUT2D eigenvalue weighted by molar-refractivity contribution is -0.116. The Morgan fingerprint density at radius 1 is 0.829 bits per heavy atom. The van der Waals surface area contributed by atoms with Gasteiger partial charge in [0.25, 0.3) is 0 Å². The van der Waals surface area contributed by atoms with Crippen molar-refractivity contribution in [2.45, 2.75) is 50.3 Å². The molecule has 0 bridgehead atoms. The summed E-state index contributed by atoms with van der Waals surface area (Å²) in [7, 11) is -3.59. The van der Waals surface area contributed by atoms with Gasteiger partial charge in [-0.25, -0.2) is 8.42 Å². The predicted molar refractivity (Wildman–Crippen MR) is 138 cm³/mol. The van der Waals surface area contributed by atoms with Crippen molar-refractivity contribution < 1.29 is 17.9 Å². The van der Waals surface area contributed by atoms with Crippen LogP contribution in [-0.2, 0) is 14.8 Å². The Morgan fingerprint density at radius 2 is 1.34 bits per heavy atom. The first-order valence-corrected chi connectivity index (χ1v) is 13.7. The highest BCUT2D eigenvalue weighted by atomic mass is 32.2. The van der Waals surface area contributed by atoms with Crippen molar-refractivity contribution in [2.24, 2.45) is 0 Å². The second kappa shape index (κ2) is 11.1. The Hall–Kier alpha value is -3.16. The average molecular weight is 493 g/mol. The average Bonchev–Trinajstić information content (AvgIpc) is 2.87. The Kier molecular flexibility index (Phi) is 7.88. The number of amides is 1. The van der Waals surface area contributed by atoms with Crippen molar-refractivity contribution in [1.29, 1.82) is 0 Å². The van der Waals surface area contributed by atoms with E-state index in [-0.39, 0.29) is 10.8 Å². The van der Waals surface area contributed by atoms with E-state index in [0.29, 0.717) is 30.3 Å². The van der Waals surface area contributed by atoms with E-state index in [2.05, 4.69) is 19.2 Å². The molecule has 0 fully saturated rings. The molecule has 184 valence electrons. The molecule has 35 heavy (non-hydrogen) atoms. The third-order valence-corrected chi connectivity index (χ3v) is 8.14. The summed E-state index contributed by atoms with van der Waals surface area (Å²) in [5.41, 5.74) is 2.14. The first-order valence-electron chi connectivity index (χ1n) is 12.2. The van der Waals surface area contributed by atoms with Gasteiger partial charge in [0.05, 0.1) is 10.8 Å². The standard InChI is InChI=1S/C28H32N2O4S/c1-3-5-19-30(20-6-4-2)35(32,33)22-17-15-21(16-18-22)29-28(31)27-23-11-7-9-13-25(23)34-26-14-10-8-12-24(26)27/h7-18,27H,3-6,19-20H2,1-2H3,(H,29,31). The molecule has 1 N–H and O–H groups in total. The Bertz CT molecular complexity index is 1220. The molecule has 1 aliphatic rings. The molecule has 0 aromatic heterocycles. The zero-order chi connectivity index (χ0) is 24.8. The second-order valence-corrected chi connectivity index (χ2v) is 10.7. The van der Waals surface area contributed by atoms with Gasteiger partial charge in [-0.3, -0.25) is 4.79 Å². The van der Waals surface area contributed by atoms with Crippen LogP contribution in [0.2, 0.25) is 0 Å². The highest BCUT2D eigenvalue weighted by molar-refractivity contribution is 7.89. The summed E-state index contributed by atoms with van der Waals surface area (Å²) in [6.07, 6.45) is 3.51. The number of rotatable bonds is 10. The van der Waals surface area contributed by atoms with Crippen molar-refractivity contribution in [2.75, 3.05) is 18.4 Å². The first-order chi connectivity index (χ1) is 17.0. The summed E-state index contributed by atoms with van der Waals surface area (Å²) in [5, 5.41) is 2.97. The number of nitrogens with zero attached hydrogens (tertiary/aromatic N) is 1. The summed E-state index contributed by atoms with van der Waals surface area (Å²) in [4.78, 5) is 13.7. The Morgan fingerprint density at radius 3 is 1.86 bits per heavy atom. The van der Waals surface area contributed by atoms with Crippen molar-refractivity contribution in [1.82, 2.24) is 4.31 Å². The van der Waals surface area contributed by atoms with Crippen LogP contribution in [-0.4, -0.2) is 31.7 Å². The molecule has 0 atom stereocenters. The van der Waals surface area contributed by atoms with Crippen molar-refractivity contribution in [3.63, 3.8) is 0 Å². The lowest BCUT2D eigenvalue weighted by Gasteiger charge is -2.27. The molecule has 3 aromatic rings. The minimum Gasteiger partial charge on any atom is -0.457 e. The fourth-order valence-electron chi connectivity index (χ4n) is 4.29. The molecular formula is C28H32N2O4S. The molecule has 0 aliphatic carbocycles. The number of para-hydroxylation sites is 2. The lowest BCUT2D eigenvalue weighted by Crippen LogP contribution is -2.33. The zero-order valence-corrected chi connectivity index (χ0v) is 21.1. The van der Waals surface area contributed by atoms with Gasteiger partial charge in [0.2, 0.25) is 15.9 Å². The molecule has 1 aliphatic heterocycles. The molecule has 1 heterocycles. The van der Waals surface area contributed by atoms with Gasteiger partial charge in [-0.15, -0.1) is 0 Å². The molecule has 1 amide bonds. The molecule has 0 spiro atoms. The van der Waals surface area contributed by atoms with Gasteiger partial charge in [0.15, 0.2) is 0 Å². The van der Waals surface area contributed by atoms with E-state index in [4.69, 9.17) is 4.74 Å². The van der Waals surface area contributed by atoms with Crippen LogP contribution in [0.3, 0.4) is 0 Å². The van der Waals surface area contributed by atoms with Crippen LogP contribution in [0.15, 0.2) is 77.7 Å². The third kappa shape index (κ3) is 5.41. The van der Waals surface area contributed by atoms with Gasteiger partial charge in [-0.05, 0) is 49.2 Å². The smallest absolute Gasteiger partial charge is 0.243 e. The number of nitrogens with one attached hydrogen (secondary N) is 1. The van der Waals surface area contributed by atoms with Crippen LogP contribution in [0.4, 0.5) is 5.69 Å². The molecule has 0 saturated carbocycles. The van der Waals surface area contributed by atoms with Crippen LogP contribution >= 0.6 is 0 Å². The van der Waals surface area contributed by atoms with E-state index in [1.54, 1.807) is 28.6 Å². The summed E-state index contributed by atoms with van der Waals surface area (Å²) >= 11 is 0. The maximum atomic E-state index is 13.4. The van der Waals surface area contributed by atoms with E-state index in [1.165, 1.54) is 0 Å². The summed E-state index contributed by atoms with van der Waals surface area (Å²) in [6, 6.07) is 21.5. The number of carbonyl (C=O) groups excluding carboxylic acids is 1. The topological polar surface area (TPSA) is 75.7 Å². The van der Waals surface area contributed by atoms with Crippen molar-refractivity contribution in [3.05, 3.63) is 83.9 Å². The number of anilines is 1. The fraction of sp³-hybridized carbons (Fsp3) is 0.321. The number of unbranched alkanes of at least 4 members (excludes halogenated alkanes) is 2. The Labute approximate surface area is 208 Å². The normalized spacial score (nSPS) is 13.1. The highest BCUT2D eigenvalue weighted by Crippen LogP contribution is 2.44. The third-order valence-electron chi connectivity index (χ3n) is 6.22. The molecular weight excluding hydrogens is 460 g/mol. The van der Waals surface area contributed by atoms with Gasteiger partial charge >= 0.3 is 0 Å². The Balaban J connectivity index is 1.55. The molecule has 0 saturated heterocycles. The van der Waals surface area contributed by atoms with Gasteiger partial charge in [-0.2, -0.15) is 4.31 Å². The second-order valence-electron chi connectivity index (χ2n) is 8.74. The number of ether oxygens (including phenoxy) is 1. The molecule has 4 rings (SSSR count). The van der Waals surface area contributed by atoms with E-state index < -0.39 is 15.9 Å². The first kappa shape index (κ1) is 24.9. The van der Waals surface area contributed by atoms with E-state index in [9.17, 15) is 13.2 Å². The van der Waals surface area contributed by atoms with Crippen LogP contribution in [0.1, 0.15) is 56.6 Å². The zero-order valence-electron chi connectivity index (χ0n) is 20.2. The number of hydrogen-bond acceptors (Lipinski definition) is 4. The maximum Gasteiger partial charge on any atom is 0.243 e. The number of hydrogen-bond donors (Lipinski definition) is 1. The minimum atomic E-state index is -3.59. The van der Waals surface area contributed by atoms with Gasteiger partial charge < -0.3 is 10.1 Å². The van der Waals surface area contributed by atoms with E-state index in [0.717, 1.165) is 36.8 Å². The fourth-order valence-corrected chi connectivity index (χ4v) is 5.80. The summed E-state index contributed by atoms with van der Waals surface area (Å²) in [5.74, 6) is 0.591. The summed E-state index contributed by atoms with van der Waals surface area (Å²) in [6.45, 7) is 5.13. The molecule has 6 nitrogen and oxygen atoms in total. The van der Waals surface area contributed by atoms with E-state index >= 15 is 0 Å². The van der Waals surface area contributed by atoms with Gasteiger partial charge in [-0.1, -0.05) is 63.1 Å². The van der Waals surface area contributed by atoms with Gasteiger partial charge in [0, 0.05) is 29.9 Å².